The summed E-state index contributed by atoms with van der Waals surface area (Å²) in [5.74, 6) is 1.55. The number of terminal acetylenes is 1. The van der Waals surface area contributed by atoms with Gasteiger partial charge in [0.05, 0.1) is 33.8 Å². The lowest BCUT2D eigenvalue weighted by Crippen LogP contribution is -2.31. The predicted octanol–water partition coefficient (Wildman–Crippen LogP) is 3.62. The van der Waals surface area contributed by atoms with Gasteiger partial charge in [-0.3, -0.25) is 4.79 Å². The zero-order chi connectivity index (χ0) is 26.3. The molecular formula is C26H25N3O5S2. The van der Waals surface area contributed by atoms with E-state index in [-0.39, 0.29) is 36.7 Å². The van der Waals surface area contributed by atoms with Crippen LogP contribution in [-0.2, 0) is 21.3 Å². The third kappa shape index (κ3) is 5.71. The number of benzene rings is 2. The van der Waals surface area contributed by atoms with Crippen molar-refractivity contribution in [2.75, 3.05) is 19.7 Å². The van der Waals surface area contributed by atoms with Crippen molar-refractivity contribution in [3.63, 3.8) is 0 Å². The van der Waals surface area contributed by atoms with Crippen molar-refractivity contribution in [3.8, 4) is 12.3 Å². The molecule has 1 heterocycles. The molecule has 0 atom stereocenters. The summed E-state index contributed by atoms with van der Waals surface area (Å²) in [4.78, 5) is 29.6. The Bertz CT molecular complexity index is 1510. The lowest BCUT2D eigenvalue weighted by Gasteiger charge is -2.19. The molecule has 0 saturated carbocycles. The summed E-state index contributed by atoms with van der Waals surface area (Å²) in [5.41, 5.74) is 1.32. The Labute approximate surface area is 213 Å². The fourth-order valence-corrected chi connectivity index (χ4v) is 5.82. The summed E-state index contributed by atoms with van der Waals surface area (Å²) in [6.07, 6.45) is 8.50. The topological polar surface area (TPSA) is 98.0 Å². The van der Waals surface area contributed by atoms with Gasteiger partial charge in [-0.25, -0.2) is 13.2 Å². The predicted molar refractivity (Wildman–Crippen MR) is 140 cm³/mol. The van der Waals surface area contributed by atoms with E-state index in [2.05, 4.69) is 24.1 Å². The summed E-state index contributed by atoms with van der Waals surface area (Å²) in [6.45, 7) is 9.60. The number of carbonyl (C=O) groups excluding carboxylic acids is 2. The van der Waals surface area contributed by atoms with E-state index < -0.39 is 21.9 Å². The number of rotatable bonds is 10. The molecule has 10 heteroatoms. The minimum atomic E-state index is -3.79. The SMILES string of the molecule is C#CCn1c(=NC(=O)c2ccc(S(=O)(=O)N(CC=C)CC=C)cc2)sc2cc(C(=O)OCC)ccc21. The van der Waals surface area contributed by atoms with Crippen molar-refractivity contribution in [2.45, 2.75) is 18.4 Å². The molecule has 1 amide bonds. The van der Waals surface area contributed by atoms with Crippen LogP contribution < -0.4 is 4.80 Å². The summed E-state index contributed by atoms with van der Waals surface area (Å²) in [6, 6.07) is 10.6. The molecule has 8 nitrogen and oxygen atoms in total. The average Bonchev–Trinajstić information content (AvgIpc) is 3.20. The van der Waals surface area contributed by atoms with Crippen LogP contribution >= 0.6 is 11.3 Å². The van der Waals surface area contributed by atoms with Crippen molar-refractivity contribution in [2.24, 2.45) is 4.99 Å². The first-order valence-corrected chi connectivity index (χ1v) is 13.2. The van der Waals surface area contributed by atoms with Crippen LogP contribution in [0.2, 0.25) is 0 Å². The number of ether oxygens (including phenoxy) is 1. The molecule has 0 bridgehead atoms. The number of hydrogen-bond acceptors (Lipinski definition) is 6. The maximum Gasteiger partial charge on any atom is 0.338 e. The number of hydrogen-bond donors (Lipinski definition) is 0. The van der Waals surface area contributed by atoms with Crippen molar-refractivity contribution in [1.82, 2.24) is 8.87 Å². The maximum atomic E-state index is 12.9. The first-order valence-electron chi connectivity index (χ1n) is 10.9. The minimum absolute atomic E-state index is 0.0403. The molecule has 0 N–H and O–H groups in total. The molecular weight excluding hydrogens is 498 g/mol. The van der Waals surface area contributed by atoms with Crippen LogP contribution in [0.25, 0.3) is 10.2 Å². The highest BCUT2D eigenvalue weighted by molar-refractivity contribution is 7.89. The molecule has 0 fully saturated rings. The van der Waals surface area contributed by atoms with Crippen LogP contribution in [0, 0.1) is 12.3 Å². The minimum Gasteiger partial charge on any atom is -0.462 e. The highest BCUT2D eigenvalue weighted by atomic mass is 32.2. The molecule has 0 aliphatic rings. The Kier molecular flexibility index (Phi) is 8.77. The maximum absolute atomic E-state index is 12.9. The molecule has 0 aliphatic carbocycles. The summed E-state index contributed by atoms with van der Waals surface area (Å²) in [5, 5.41) is 0. The van der Waals surface area contributed by atoms with Gasteiger partial charge in [-0.1, -0.05) is 29.4 Å². The second-order valence-electron chi connectivity index (χ2n) is 7.42. The first kappa shape index (κ1) is 26.8. The fourth-order valence-electron chi connectivity index (χ4n) is 3.37. The monoisotopic (exact) mass is 523 g/mol. The number of esters is 1. The molecule has 3 aromatic rings. The van der Waals surface area contributed by atoms with Crippen LogP contribution in [0.1, 0.15) is 27.6 Å². The lowest BCUT2D eigenvalue weighted by molar-refractivity contribution is 0.0526. The average molecular weight is 524 g/mol. The summed E-state index contributed by atoms with van der Waals surface area (Å²) >= 11 is 1.21. The van der Waals surface area contributed by atoms with Crippen LogP contribution in [0.3, 0.4) is 0 Å². The lowest BCUT2D eigenvalue weighted by atomic mass is 10.2. The number of sulfonamides is 1. The van der Waals surface area contributed by atoms with Gasteiger partial charge >= 0.3 is 5.97 Å². The van der Waals surface area contributed by atoms with Gasteiger partial charge in [-0.2, -0.15) is 9.30 Å². The summed E-state index contributed by atoms with van der Waals surface area (Å²) in [7, 11) is -3.79. The van der Waals surface area contributed by atoms with Gasteiger partial charge < -0.3 is 9.30 Å². The molecule has 1 aromatic heterocycles. The van der Waals surface area contributed by atoms with Crippen LogP contribution in [0.4, 0.5) is 0 Å². The normalized spacial score (nSPS) is 11.9. The quantitative estimate of drug-likeness (QED) is 0.230. The molecule has 3 rings (SSSR count). The van der Waals surface area contributed by atoms with Crippen LogP contribution in [0.15, 0.2) is 77.7 Å². The smallest absolute Gasteiger partial charge is 0.338 e. The second kappa shape index (κ2) is 11.8. The Hall–Kier alpha value is -3.78. The van der Waals surface area contributed by atoms with Crippen molar-refractivity contribution in [3.05, 3.63) is 83.7 Å². The van der Waals surface area contributed by atoms with Gasteiger partial charge in [-0.05, 0) is 49.4 Å². The Balaban J connectivity index is 1.98. The standard InChI is InChI=1S/C26H25N3O5S2/c1-5-15-28(16-6-2)36(32,33)21-12-9-19(10-13-21)24(30)27-26-29(17-7-3)22-14-11-20(18-23(22)35-26)25(31)34-8-4/h3,5-6,9-14,18H,1-2,8,15-17H2,4H3. The highest BCUT2D eigenvalue weighted by Crippen LogP contribution is 2.21. The van der Waals surface area contributed by atoms with Crippen molar-refractivity contribution in [1.29, 1.82) is 0 Å². The Morgan fingerprint density at radius 1 is 1.14 bits per heavy atom. The van der Waals surface area contributed by atoms with E-state index in [9.17, 15) is 18.0 Å². The van der Waals surface area contributed by atoms with E-state index in [1.165, 1.54) is 52.1 Å². The van der Waals surface area contributed by atoms with Gasteiger partial charge in [0.2, 0.25) is 10.0 Å². The number of thiazole rings is 1. The van der Waals surface area contributed by atoms with Gasteiger partial charge in [0.15, 0.2) is 4.80 Å². The molecule has 36 heavy (non-hydrogen) atoms. The fraction of sp³-hybridized carbons (Fsp3) is 0.192. The molecule has 0 radical (unpaired) electrons. The van der Waals surface area contributed by atoms with Crippen molar-refractivity contribution < 1.29 is 22.7 Å². The van der Waals surface area contributed by atoms with Gasteiger partial charge in [0, 0.05) is 18.7 Å². The molecule has 186 valence electrons. The molecule has 0 saturated heterocycles. The number of nitrogens with zero attached hydrogens (tertiary/aromatic N) is 3. The number of aromatic nitrogens is 1. The largest absolute Gasteiger partial charge is 0.462 e. The zero-order valence-corrected chi connectivity index (χ0v) is 21.3. The van der Waals surface area contributed by atoms with E-state index in [1.54, 1.807) is 29.7 Å². The Morgan fingerprint density at radius 3 is 2.36 bits per heavy atom. The van der Waals surface area contributed by atoms with E-state index in [0.717, 1.165) is 5.52 Å². The molecule has 0 spiro atoms. The van der Waals surface area contributed by atoms with E-state index in [0.29, 0.717) is 15.1 Å². The van der Waals surface area contributed by atoms with Gasteiger partial charge in [-0.15, -0.1) is 19.6 Å². The highest BCUT2D eigenvalue weighted by Gasteiger charge is 2.22. The third-order valence-electron chi connectivity index (χ3n) is 5.04. The summed E-state index contributed by atoms with van der Waals surface area (Å²) < 4.78 is 34.5. The molecule has 0 aliphatic heterocycles. The van der Waals surface area contributed by atoms with Gasteiger partial charge in [0.1, 0.15) is 0 Å². The van der Waals surface area contributed by atoms with Crippen LogP contribution in [0.5, 0.6) is 0 Å². The number of fused-ring (bicyclic) bond motifs is 1. The first-order chi connectivity index (χ1) is 17.3. The van der Waals surface area contributed by atoms with E-state index in [1.807, 2.05) is 0 Å². The van der Waals surface area contributed by atoms with Crippen LogP contribution in [-0.4, -0.2) is 48.9 Å². The van der Waals surface area contributed by atoms with E-state index in [4.69, 9.17) is 11.2 Å². The zero-order valence-electron chi connectivity index (χ0n) is 19.7. The van der Waals surface area contributed by atoms with Gasteiger partial charge in [0.25, 0.3) is 5.91 Å². The molecule has 0 unspecified atom stereocenters. The number of amides is 1. The van der Waals surface area contributed by atoms with E-state index >= 15 is 0 Å². The third-order valence-corrected chi connectivity index (χ3v) is 7.93. The molecule has 2 aromatic carbocycles. The van der Waals surface area contributed by atoms with Crippen molar-refractivity contribution >= 4 is 43.5 Å². The Morgan fingerprint density at radius 2 is 1.78 bits per heavy atom. The second-order valence-corrected chi connectivity index (χ2v) is 10.4. The number of carbonyl (C=O) groups is 2.